The van der Waals surface area contributed by atoms with E-state index in [1.165, 1.54) is 5.56 Å². The van der Waals surface area contributed by atoms with Crippen molar-refractivity contribution in [2.75, 3.05) is 4.90 Å². The van der Waals surface area contributed by atoms with Crippen molar-refractivity contribution in [1.29, 1.82) is 0 Å². The van der Waals surface area contributed by atoms with Crippen LogP contribution in [0.1, 0.15) is 29.1 Å². The van der Waals surface area contributed by atoms with E-state index in [0.717, 1.165) is 22.7 Å². The third kappa shape index (κ3) is 3.88. The van der Waals surface area contributed by atoms with Crippen LogP contribution in [-0.4, -0.2) is 10.1 Å². The van der Waals surface area contributed by atoms with Crippen LogP contribution in [0.25, 0.3) is 11.3 Å². The fourth-order valence-electron chi connectivity index (χ4n) is 3.94. The summed E-state index contributed by atoms with van der Waals surface area (Å²) in [6.45, 7) is 2.06. The fraction of sp³-hybridized carbons (Fsp3) is 0.120. The number of pyridine rings is 1. The highest BCUT2D eigenvalue weighted by Crippen LogP contribution is 2.43. The molecule has 32 heavy (non-hydrogen) atoms. The lowest BCUT2D eigenvalue weighted by atomic mass is 10.0. The monoisotopic (exact) mass is 479 g/mol. The normalized spacial score (nSPS) is 18.1. The molecule has 0 unspecified atom stereocenters. The number of nitrogens with one attached hydrogen (secondary N) is 1. The van der Waals surface area contributed by atoms with Crippen molar-refractivity contribution in [2.45, 2.75) is 19.0 Å². The van der Waals surface area contributed by atoms with E-state index in [2.05, 4.69) is 46.4 Å². The average molecular weight is 480 g/mol. The summed E-state index contributed by atoms with van der Waals surface area (Å²) in [6.07, 6.45) is 1.79. The predicted octanol–water partition coefficient (Wildman–Crippen LogP) is 7.13. The van der Waals surface area contributed by atoms with E-state index in [0.29, 0.717) is 20.9 Å². The van der Waals surface area contributed by atoms with Crippen LogP contribution < -0.4 is 10.2 Å². The standard InChI is InChI=1S/C25H19Cl2N3OS/c1-15-5-8-17(9-6-15)30-24(23(29-25(30)32)20-4-2-3-13-28-20)22-12-11-21(31-22)16-7-10-18(26)19(27)14-16/h2-14,23-24H,1H3,(H,29,32)/t23-,24-/m0/s1. The van der Waals surface area contributed by atoms with Gasteiger partial charge in [0.25, 0.3) is 0 Å². The van der Waals surface area contributed by atoms with Gasteiger partial charge in [0, 0.05) is 17.4 Å². The number of aromatic nitrogens is 1. The molecule has 1 fully saturated rings. The Bertz CT molecular complexity index is 1270. The van der Waals surface area contributed by atoms with Gasteiger partial charge in [-0.15, -0.1) is 0 Å². The maximum Gasteiger partial charge on any atom is 0.174 e. The van der Waals surface area contributed by atoms with Gasteiger partial charge >= 0.3 is 0 Å². The number of hydrogen-bond acceptors (Lipinski definition) is 3. The van der Waals surface area contributed by atoms with Crippen LogP contribution in [0.4, 0.5) is 5.69 Å². The molecule has 160 valence electrons. The highest BCUT2D eigenvalue weighted by Gasteiger charge is 2.42. The molecule has 5 rings (SSSR count). The minimum absolute atomic E-state index is 0.169. The van der Waals surface area contributed by atoms with E-state index in [1.807, 2.05) is 36.4 Å². The number of halogens is 2. The first-order chi connectivity index (χ1) is 15.5. The van der Waals surface area contributed by atoms with Crippen LogP contribution in [0.15, 0.2) is 83.4 Å². The molecule has 7 heteroatoms. The van der Waals surface area contributed by atoms with Gasteiger partial charge in [0.2, 0.25) is 0 Å². The van der Waals surface area contributed by atoms with Gasteiger partial charge in [-0.05, 0) is 73.7 Å². The Morgan fingerprint density at radius 1 is 0.969 bits per heavy atom. The number of rotatable bonds is 4. The van der Waals surface area contributed by atoms with Gasteiger partial charge in [0.1, 0.15) is 17.6 Å². The molecule has 4 nitrogen and oxygen atoms in total. The van der Waals surface area contributed by atoms with Crippen LogP contribution in [0.5, 0.6) is 0 Å². The molecular weight excluding hydrogens is 461 g/mol. The number of aryl methyl sites for hydroxylation is 1. The Morgan fingerprint density at radius 3 is 2.50 bits per heavy atom. The zero-order chi connectivity index (χ0) is 22.2. The summed E-state index contributed by atoms with van der Waals surface area (Å²) in [5, 5.41) is 5.06. The third-order valence-corrected chi connectivity index (χ3v) is 6.59. The molecule has 2 aromatic heterocycles. The second kappa shape index (κ2) is 8.58. The van der Waals surface area contributed by atoms with Gasteiger partial charge in [-0.2, -0.15) is 0 Å². The Labute approximate surface area is 201 Å². The summed E-state index contributed by atoms with van der Waals surface area (Å²) in [7, 11) is 0. The molecule has 0 amide bonds. The van der Waals surface area contributed by atoms with Crippen LogP contribution >= 0.6 is 35.4 Å². The van der Waals surface area contributed by atoms with Crippen LogP contribution in [0, 0.1) is 6.92 Å². The Morgan fingerprint density at radius 2 is 1.78 bits per heavy atom. The van der Waals surface area contributed by atoms with Gasteiger partial charge in [0.15, 0.2) is 5.11 Å². The second-order valence-electron chi connectivity index (χ2n) is 7.66. The maximum absolute atomic E-state index is 6.35. The maximum atomic E-state index is 6.35. The number of anilines is 1. The molecule has 1 N–H and O–H groups in total. The van der Waals surface area contributed by atoms with E-state index >= 15 is 0 Å². The molecule has 1 aliphatic heterocycles. The Kier molecular flexibility index (Phi) is 5.64. The molecule has 3 heterocycles. The summed E-state index contributed by atoms with van der Waals surface area (Å²) in [5.41, 5.74) is 3.92. The summed E-state index contributed by atoms with van der Waals surface area (Å²) in [5.74, 6) is 1.48. The number of benzene rings is 2. The van der Waals surface area contributed by atoms with E-state index < -0.39 is 0 Å². The van der Waals surface area contributed by atoms with Crippen molar-refractivity contribution in [3.05, 3.63) is 106 Å². The summed E-state index contributed by atoms with van der Waals surface area (Å²) < 4.78 is 6.35. The average Bonchev–Trinajstić information content (AvgIpc) is 3.41. The van der Waals surface area contributed by atoms with Crippen LogP contribution in [-0.2, 0) is 0 Å². The first kappa shape index (κ1) is 21.0. The van der Waals surface area contributed by atoms with E-state index in [-0.39, 0.29) is 12.1 Å². The highest BCUT2D eigenvalue weighted by molar-refractivity contribution is 7.80. The highest BCUT2D eigenvalue weighted by atomic mass is 35.5. The van der Waals surface area contributed by atoms with Crippen molar-refractivity contribution >= 4 is 46.2 Å². The Hall–Kier alpha value is -2.86. The lowest BCUT2D eigenvalue weighted by molar-refractivity contribution is 0.439. The largest absolute Gasteiger partial charge is 0.459 e. The Balaban J connectivity index is 1.59. The van der Waals surface area contributed by atoms with Crippen molar-refractivity contribution in [3.63, 3.8) is 0 Å². The first-order valence-corrected chi connectivity index (χ1v) is 11.3. The third-order valence-electron chi connectivity index (χ3n) is 5.53. The van der Waals surface area contributed by atoms with Gasteiger partial charge in [-0.25, -0.2) is 0 Å². The fourth-order valence-corrected chi connectivity index (χ4v) is 4.59. The second-order valence-corrected chi connectivity index (χ2v) is 8.86. The summed E-state index contributed by atoms with van der Waals surface area (Å²) >= 11 is 18.1. The van der Waals surface area contributed by atoms with Crippen molar-refractivity contribution in [3.8, 4) is 11.3 Å². The topological polar surface area (TPSA) is 41.3 Å². The molecule has 2 aromatic carbocycles. The lowest BCUT2D eigenvalue weighted by Crippen LogP contribution is -2.29. The molecule has 0 bridgehead atoms. The van der Waals surface area contributed by atoms with Crippen LogP contribution in [0.3, 0.4) is 0 Å². The summed E-state index contributed by atoms with van der Waals surface area (Å²) in [4.78, 5) is 6.67. The van der Waals surface area contributed by atoms with Gasteiger partial charge in [0.05, 0.1) is 21.8 Å². The van der Waals surface area contributed by atoms with E-state index in [4.69, 9.17) is 39.8 Å². The van der Waals surface area contributed by atoms with E-state index in [9.17, 15) is 0 Å². The molecule has 0 saturated carbocycles. The minimum atomic E-state index is -0.211. The molecule has 2 atom stereocenters. The minimum Gasteiger partial charge on any atom is -0.459 e. The predicted molar refractivity (Wildman–Crippen MR) is 133 cm³/mol. The summed E-state index contributed by atoms with van der Waals surface area (Å²) in [6, 6.07) is 23.2. The van der Waals surface area contributed by atoms with E-state index in [1.54, 1.807) is 18.3 Å². The number of furan rings is 1. The SMILES string of the molecule is Cc1ccc(N2C(=S)N[C@@H](c3ccccn3)[C@@H]2c2ccc(-c3ccc(Cl)c(Cl)c3)o2)cc1. The number of nitrogens with zero attached hydrogens (tertiary/aromatic N) is 2. The molecule has 0 radical (unpaired) electrons. The van der Waals surface area contributed by atoms with Crippen molar-refractivity contribution in [1.82, 2.24) is 10.3 Å². The molecule has 1 aliphatic rings. The van der Waals surface area contributed by atoms with Crippen LogP contribution in [0.2, 0.25) is 10.0 Å². The molecule has 1 saturated heterocycles. The molecule has 0 aliphatic carbocycles. The molecule has 0 spiro atoms. The van der Waals surface area contributed by atoms with Gasteiger partial charge < -0.3 is 14.6 Å². The molecular formula is C25H19Cl2N3OS. The van der Waals surface area contributed by atoms with Crippen molar-refractivity contribution in [2.24, 2.45) is 0 Å². The quantitative estimate of drug-likeness (QED) is 0.315. The lowest BCUT2D eigenvalue weighted by Gasteiger charge is -2.26. The molecule has 4 aromatic rings. The number of thiocarbonyl (C=S) groups is 1. The first-order valence-electron chi connectivity index (χ1n) is 10.1. The smallest absolute Gasteiger partial charge is 0.174 e. The van der Waals surface area contributed by atoms with Crippen molar-refractivity contribution < 1.29 is 4.42 Å². The zero-order valence-electron chi connectivity index (χ0n) is 17.1. The number of hydrogen-bond donors (Lipinski definition) is 1. The zero-order valence-corrected chi connectivity index (χ0v) is 19.5. The van der Waals surface area contributed by atoms with Gasteiger partial charge in [-0.3, -0.25) is 4.98 Å². The van der Waals surface area contributed by atoms with Gasteiger partial charge in [-0.1, -0.05) is 47.0 Å².